The van der Waals surface area contributed by atoms with Crippen LogP contribution in [0.25, 0.3) is 23.0 Å². The quantitative estimate of drug-likeness (QED) is 0.576. The van der Waals surface area contributed by atoms with Crippen LogP contribution in [0.15, 0.2) is 59.8 Å². The Bertz CT molecular complexity index is 1120. The van der Waals surface area contributed by atoms with Crippen LogP contribution in [-0.4, -0.2) is 30.6 Å². The van der Waals surface area contributed by atoms with E-state index in [1.54, 1.807) is 41.6 Å². The normalized spacial score (nSPS) is 10.8. The predicted octanol–water partition coefficient (Wildman–Crippen LogP) is 3.25. The van der Waals surface area contributed by atoms with Crippen LogP contribution in [-0.2, 0) is 11.3 Å². The lowest BCUT2D eigenvalue weighted by molar-refractivity contribution is -0.116. The molecule has 28 heavy (non-hydrogen) atoms. The van der Waals surface area contributed by atoms with Gasteiger partial charge in [0.1, 0.15) is 12.2 Å². The summed E-state index contributed by atoms with van der Waals surface area (Å²) < 4.78 is 6.95. The third kappa shape index (κ3) is 3.80. The Morgan fingerprint density at radius 1 is 1.14 bits per heavy atom. The topological polar surface area (TPSA) is 98.7 Å². The monoisotopic (exact) mass is 374 g/mol. The molecule has 140 valence electrons. The zero-order chi connectivity index (χ0) is 19.5. The number of imidazole rings is 1. The summed E-state index contributed by atoms with van der Waals surface area (Å²) in [4.78, 5) is 24.9. The summed E-state index contributed by atoms with van der Waals surface area (Å²) in [6.45, 7) is 4.18. The van der Waals surface area contributed by atoms with Crippen LogP contribution in [0.5, 0.6) is 0 Å². The minimum absolute atomic E-state index is 0.134. The number of hydrogen-bond acceptors (Lipinski definition) is 6. The maximum absolute atomic E-state index is 12.3. The van der Waals surface area contributed by atoms with Crippen LogP contribution in [0.4, 0.5) is 5.69 Å². The van der Waals surface area contributed by atoms with Crippen molar-refractivity contribution in [1.29, 1.82) is 0 Å². The van der Waals surface area contributed by atoms with E-state index < -0.39 is 0 Å². The summed E-state index contributed by atoms with van der Waals surface area (Å²) in [6.07, 6.45) is 6.59. The Morgan fingerprint density at radius 2 is 1.96 bits per heavy atom. The van der Waals surface area contributed by atoms with E-state index in [4.69, 9.17) is 4.52 Å². The van der Waals surface area contributed by atoms with Crippen molar-refractivity contribution in [3.63, 3.8) is 0 Å². The molecule has 0 saturated carbocycles. The van der Waals surface area contributed by atoms with Gasteiger partial charge in [0.05, 0.1) is 6.33 Å². The number of aromatic nitrogens is 5. The highest BCUT2D eigenvalue weighted by Crippen LogP contribution is 2.20. The molecule has 4 rings (SSSR count). The Kier molecular flexibility index (Phi) is 4.67. The average molecular weight is 374 g/mol. The number of anilines is 1. The summed E-state index contributed by atoms with van der Waals surface area (Å²) in [5.41, 5.74) is 4.39. The van der Waals surface area contributed by atoms with Gasteiger partial charge >= 0.3 is 0 Å². The number of benzene rings is 1. The molecule has 3 aromatic heterocycles. The highest BCUT2D eigenvalue weighted by molar-refractivity contribution is 5.90. The van der Waals surface area contributed by atoms with Crippen molar-refractivity contribution in [3.8, 4) is 23.0 Å². The molecule has 1 N–H and O–H groups in total. The number of pyridine rings is 1. The number of nitrogens with one attached hydrogen (secondary N) is 1. The number of amides is 1. The number of hydrogen-bond donors (Lipinski definition) is 1. The zero-order valence-electron chi connectivity index (χ0n) is 15.5. The van der Waals surface area contributed by atoms with Crippen molar-refractivity contribution in [2.45, 2.75) is 20.4 Å². The largest absolute Gasteiger partial charge is 0.334 e. The molecule has 8 heteroatoms. The molecule has 4 aromatic rings. The smallest absolute Gasteiger partial charge is 0.258 e. The van der Waals surface area contributed by atoms with E-state index in [1.807, 2.05) is 32.0 Å². The molecule has 1 amide bonds. The van der Waals surface area contributed by atoms with Gasteiger partial charge < -0.3 is 14.4 Å². The van der Waals surface area contributed by atoms with Crippen LogP contribution in [0.1, 0.15) is 11.1 Å². The maximum Gasteiger partial charge on any atom is 0.258 e. The van der Waals surface area contributed by atoms with E-state index in [0.717, 1.165) is 16.8 Å². The number of rotatable bonds is 5. The fourth-order valence-electron chi connectivity index (χ4n) is 2.69. The van der Waals surface area contributed by atoms with E-state index in [0.29, 0.717) is 17.4 Å². The van der Waals surface area contributed by atoms with Gasteiger partial charge in [0.25, 0.3) is 5.89 Å². The van der Waals surface area contributed by atoms with E-state index in [9.17, 15) is 4.79 Å². The van der Waals surface area contributed by atoms with E-state index in [2.05, 4.69) is 25.4 Å². The molecule has 0 fully saturated rings. The number of carbonyl (C=O) groups excluding carboxylic acids is 1. The molecule has 0 aliphatic carbocycles. The van der Waals surface area contributed by atoms with Gasteiger partial charge in [-0.3, -0.25) is 9.78 Å². The van der Waals surface area contributed by atoms with Crippen molar-refractivity contribution >= 4 is 11.6 Å². The third-order valence-electron chi connectivity index (χ3n) is 4.33. The zero-order valence-corrected chi connectivity index (χ0v) is 15.5. The summed E-state index contributed by atoms with van der Waals surface area (Å²) in [6, 6.07) is 9.39. The SMILES string of the molecule is Cc1ccc(NC(=O)Cn2cnc(-c3noc(-c4ccncc4)n3)c2)cc1C. The predicted molar refractivity (Wildman–Crippen MR) is 103 cm³/mol. The van der Waals surface area contributed by atoms with Gasteiger partial charge in [0, 0.05) is 29.8 Å². The van der Waals surface area contributed by atoms with E-state index in [-0.39, 0.29) is 12.5 Å². The van der Waals surface area contributed by atoms with Crippen LogP contribution >= 0.6 is 0 Å². The number of aryl methyl sites for hydroxylation is 2. The minimum atomic E-state index is -0.141. The fourth-order valence-corrected chi connectivity index (χ4v) is 2.69. The summed E-state index contributed by atoms with van der Waals surface area (Å²) in [5, 5.41) is 6.85. The fraction of sp³-hybridized carbons (Fsp3) is 0.150. The Balaban J connectivity index is 1.44. The molecule has 0 aliphatic rings. The summed E-state index contributed by atoms with van der Waals surface area (Å²) in [7, 11) is 0. The molecule has 0 aliphatic heterocycles. The Hall–Kier alpha value is -3.81. The molecule has 0 spiro atoms. The summed E-state index contributed by atoms with van der Waals surface area (Å²) >= 11 is 0. The first-order chi connectivity index (χ1) is 13.6. The molecular weight excluding hydrogens is 356 g/mol. The van der Waals surface area contributed by atoms with Crippen LogP contribution in [0.2, 0.25) is 0 Å². The Morgan fingerprint density at radius 3 is 2.75 bits per heavy atom. The van der Waals surface area contributed by atoms with Crippen LogP contribution in [0, 0.1) is 13.8 Å². The lowest BCUT2D eigenvalue weighted by atomic mass is 10.1. The van der Waals surface area contributed by atoms with Gasteiger partial charge in [-0.1, -0.05) is 11.2 Å². The highest BCUT2D eigenvalue weighted by Gasteiger charge is 2.13. The Labute approximate surface area is 161 Å². The second-order valence-corrected chi connectivity index (χ2v) is 6.44. The molecule has 0 radical (unpaired) electrons. The van der Waals surface area contributed by atoms with Gasteiger partial charge in [0.15, 0.2) is 0 Å². The van der Waals surface area contributed by atoms with E-state index in [1.165, 1.54) is 5.56 Å². The lowest BCUT2D eigenvalue weighted by Gasteiger charge is -2.08. The van der Waals surface area contributed by atoms with E-state index >= 15 is 0 Å². The highest BCUT2D eigenvalue weighted by atomic mass is 16.5. The second kappa shape index (κ2) is 7.43. The van der Waals surface area contributed by atoms with Gasteiger partial charge in [-0.05, 0) is 49.2 Å². The lowest BCUT2D eigenvalue weighted by Crippen LogP contribution is -2.17. The van der Waals surface area contributed by atoms with Crippen molar-refractivity contribution in [3.05, 3.63) is 66.4 Å². The molecule has 1 aromatic carbocycles. The van der Waals surface area contributed by atoms with Crippen molar-refractivity contribution in [2.24, 2.45) is 0 Å². The molecule has 0 bridgehead atoms. The van der Waals surface area contributed by atoms with Gasteiger partial charge in [0.2, 0.25) is 11.7 Å². The van der Waals surface area contributed by atoms with Gasteiger partial charge in [-0.2, -0.15) is 4.98 Å². The standard InChI is InChI=1S/C20H18N6O2/c1-13-3-4-16(9-14(13)2)23-18(27)11-26-10-17(22-12-26)19-24-20(28-25-19)15-5-7-21-8-6-15/h3-10,12H,11H2,1-2H3,(H,23,27). The maximum atomic E-state index is 12.3. The molecule has 8 nitrogen and oxygen atoms in total. The first-order valence-electron chi connectivity index (χ1n) is 8.72. The molecule has 0 atom stereocenters. The minimum Gasteiger partial charge on any atom is -0.334 e. The number of nitrogens with zero attached hydrogens (tertiary/aromatic N) is 5. The molecule has 0 saturated heterocycles. The number of carbonyl (C=O) groups is 1. The van der Waals surface area contributed by atoms with Crippen molar-refractivity contribution in [1.82, 2.24) is 24.7 Å². The molecular formula is C20H18N6O2. The molecule has 3 heterocycles. The van der Waals surface area contributed by atoms with Gasteiger partial charge in [-0.15, -0.1) is 0 Å². The van der Waals surface area contributed by atoms with Gasteiger partial charge in [-0.25, -0.2) is 4.98 Å². The second-order valence-electron chi connectivity index (χ2n) is 6.44. The third-order valence-corrected chi connectivity index (χ3v) is 4.33. The summed E-state index contributed by atoms with van der Waals surface area (Å²) in [5.74, 6) is 0.609. The first-order valence-corrected chi connectivity index (χ1v) is 8.72. The van der Waals surface area contributed by atoms with Crippen molar-refractivity contribution in [2.75, 3.05) is 5.32 Å². The molecule has 0 unspecified atom stereocenters. The van der Waals surface area contributed by atoms with Crippen LogP contribution in [0.3, 0.4) is 0 Å². The van der Waals surface area contributed by atoms with Crippen LogP contribution < -0.4 is 5.32 Å². The first kappa shape index (κ1) is 17.6. The van der Waals surface area contributed by atoms with Crippen molar-refractivity contribution < 1.29 is 9.32 Å². The average Bonchev–Trinajstić information content (AvgIpc) is 3.35.